The largest absolute Gasteiger partial charge is 0.361 e. The topological polar surface area (TPSA) is 81.9 Å². The zero-order valence-corrected chi connectivity index (χ0v) is 15.0. The first-order chi connectivity index (χ1) is 11.4. The molecule has 2 rings (SSSR count). The van der Waals surface area contributed by atoms with Crippen LogP contribution in [0, 0.1) is 13.8 Å². The number of hydrogen-bond acceptors (Lipinski definition) is 5. The molecule has 8 nitrogen and oxygen atoms in total. The molecule has 1 fully saturated rings. The summed E-state index contributed by atoms with van der Waals surface area (Å²) in [5.74, 6) is 0.874. The van der Waals surface area contributed by atoms with Crippen LogP contribution in [0.15, 0.2) is 4.52 Å². The summed E-state index contributed by atoms with van der Waals surface area (Å²) in [7, 11) is 1.76. The van der Waals surface area contributed by atoms with Gasteiger partial charge in [-0.25, -0.2) is 4.79 Å². The molecule has 1 aromatic heterocycles. The van der Waals surface area contributed by atoms with Crippen LogP contribution >= 0.6 is 0 Å². The fraction of sp³-hybridized carbons (Fsp3) is 0.688. The maximum absolute atomic E-state index is 12.2. The van der Waals surface area contributed by atoms with Gasteiger partial charge in [0.1, 0.15) is 5.76 Å². The van der Waals surface area contributed by atoms with Gasteiger partial charge in [0.25, 0.3) is 0 Å². The van der Waals surface area contributed by atoms with Gasteiger partial charge in [-0.05, 0) is 13.8 Å². The van der Waals surface area contributed by atoms with Crippen LogP contribution in [-0.2, 0) is 11.3 Å². The summed E-state index contributed by atoms with van der Waals surface area (Å²) in [6, 6.07) is -0.114. The molecule has 0 saturated carbocycles. The van der Waals surface area contributed by atoms with Crippen molar-refractivity contribution in [2.75, 3.05) is 46.3 Å². The molecule has 8 heteroatoms. The Kier molecular flexibility index (Phi) is 6.19. The Balaban J connectivity index is 1.69. The summed E-state index contributed by atoms with van der Waals surface area (Å²) in [5, 5.41) is 6.83. The Hall–Kier alpha value is -2.09. The van der Waals surface area contributed by atoms with Crippen molar-refractivity contribution in [1.82, 2.24) is 25.2 Å². The molecular weight excluding hydrogens is 310 g/mol. The molecule has 0 unspecified atom stereocenters. The minimum Gasteiger partial charge on any atom is -0.361 e. The van der Waals surface area contributed by atoms with Gasteiger partial charge in [0, 0.05) is 58.8 Å². The summed E-state index contributed by atoms with van der Waals surface area (Å²) < 4.78 is 5.12. The Morgan fingerprint density at radius 1 is 1.25 bits per heavy atom. The Morgan fingerprint density at radius 3 is 2.46 bits per heavy atom. The van der Waals surface area contributed by atoms with Crippen LogP contribution in [0.4, 0.5) is 4.79 Å². The van der Waals surface area contributed by atoms with Crippen molar-refractivity contribution in [3.05, 3.63) is 17.0 Å². The third-order valence-corrected chi connectivity index (χ3v) is 4.45. The normalized spacial score (nSPS) is 15.4. The Bertz CT molecular complexity index is 559. The first-order valence-corrected chi connectivity index (χ1v) is 8.27. The van der Waals surface area contributed by atoms with Crippen molar-refractivity contribution >= 4 is 11.9 Å². The van der Waals surface area contributed by atoms with E-state index in [0.717, 1.165) is 49.7 Å². The molecule has 1 aliphatic rings. The molecule has 0 aliphatic carbocycles. The van der Waals surface area contributed by atoms with Gasteiger partial charge in [-0.1, -0.05) is 5.16 Å². The van der Waals surface area contributed by atoms with E-state index in [1.54, 1.807) is 18.9 Å². The number of nitrogens with zero attached hydrogens (tertiary/aromatic N) is 4. The molecule has 1 aromatic rings. The fourth-order valence-electron chi connectivity index (χ4n) is 2.78. The monoisotopic (exact) mass is 337 g/mol. The highest BCUT2D eigenvalue weighted by molar-refractivity contribution is 5.74. The van der Waals surface area contributed by atoms with E-state index in [2.05, 4.69) is 15.4 Å². The molecule has 24 heavy (non-hydrogen) atoms. The Morgan fingerprint density at radius 2 is 1.92 bits per heavy atom. The summed E-state index contributed by atoms with van der Waals surface area (Å²) in [5.41, 5.74) is 1.77. The lowest BCUT2D eigenvalue weighted by molar-refractivity contribution is -0.130. The van der Waals surface area contributed by atoms with Gasteiger partial charge in [-0.15, -0.1) is 0 Å². The number of aromatic nitrogens is 1. The van der Waals surface area contributed by atoms with Crippen molar-refractivity contribution in [3.8, 4) is 0 Å². The highest BCUT2D eigenvalue weighted by Gasteiger charge is 2.19. The number of carbonyl (C=O) groups is 2. The van der Waals surface area contributed by atoms with E-state index < -0.39 is 0 Å². The maximum atomic E-state index is 12.2. The lowest BCUT2D eigenvalue weighted by atomic mass is 10.2. The number of amides is 3. The zero-order valence-electron chi connectivity index (χ0n) is 15.0. The number of nitrogens with one attached hydrogen (secondary N) is 1. The maximum Gasteiger partial charge on any atom is 0.317 e. The fourth-order valence-corrected chi connectivity index (χ4v) is 2.78. The predicted molar refractivity (Wildman–Crippen MR) is 89.5 cm³/mol. The molecule has 0 spiro atoms. The first-order valence-electron chi connectivity index (χ1n) is 8.27. The predicted octanol–water partition coefficient (Wildman–Crippen LogP) is 0.597. The zero-order chi connectivity index (χ0) is 17.7. The SMILES string of the molecule is CC(=O)N1CCN(CCNC(=O)N(C)Cc2c(C)noc2C)CC1. The van der Waals surface area contributed by atoms with E-state index in [-0.39, 0.29) is 11.9 Å². The molecule has 3 amide bonds. The molecule has 0 radical (unpaired) electrons. The van der Waals surface area contributed by atoms with Crippen molar-refractivity contribution in [2.24, 2.45) is 0 Å². The second kappa shape index (κ2) is 8.14. The molecule has 1 aliphatic heterocycles. The summed E-state index contributed by atoms with van der Waals surface area (Å²) in [6.45, 7) is 10.4. The van der Waals surface area contributed by atoms with E-state index in [1.165, 1.54) is 0 Å². The minimum absolute atomic E-state index is 0.114. The van der Waals surface area contributed by atoms with Crippen molar-refractivity contribution in [1.29, 1.82) is 0 Å². The molecule has 1 saturated heterocycles. The van der Waals surface area contributed by atoms with Crippen molar-refractivity contribution in [3.63, 3.8) is 0 Å². The third-order valence-electron chi connectivity index (χ3n) is 4.45. The van der Waals surface area contributed by atoms with Gasteiger partial charge in [0.15, 0.2) is 0 Å². The number of urea groups is 1. The number of carbonyl (C=O) groups excluding carboxylic acids is 2. The van der Waals surface area contributed by atoms with Crippen LogP contribution in [0.3, 0.4) is 0 Å². The van der Waals surface area contributed by atoms with E-state index in [1.807, 2.05) is 18.7 Å². The number of piperazine rings is 1. The van der Waals surface area contributed by atoms with Crippen LogP contribution in [0.1, 0.15) is 23.9 Å². The van der Waals surface area contributed by atoms with Crippen molar-refractivity contribution < 1.29 is 14.1 Å². The molecule has 1 N–H and O–H groups in total. The average Bonchev–Trinajstić information content (AvgIpc) is 2.87. The molecule has 134 valence electrons. The molecule has 0 atom stereocenters. The van der Waals surface area contributed by atoms with E-state index in [0.29, 0.717) is 13.1 Å². The smallest absolute Gasteiger partial charge is 0.317 e. The van der Waals surface area contributed by atoms with Crippen LogP contribution in [0.5, 0.6) is 0 Å². The average molecular weight is 337 g/mol. The highest BCUT2D eigenvalue weighted by atomic mass is 16.5. The molecule has 0 aromatic carbocycles. The lowest BCUT2D eigenvalue weighted by Crippen LogP contribution is -2.50. The van der Waals surface area contributed by atoms with Crippen LogP contribution in [0.2, 0.25) is 0 Å². The second-order valence-electron chi connectivity index (χ2n) is 6.24. The minimum atomic E-state index is -0.114. The summed E-state index contributed by atoms with van der Waals surface area (Å²) >= 11 is 0. The van der Waals surface area contributed by atoms with Crippen molar-refractivity contribution in [2.45, 2.75) is 27.3 Å². The highest BCUT2D eigenvalue weighted by Crippen LogP contribution is 2.14. The Labute approximate surface area is 142 Å². The molecular formula is C16H27N5O3. The van der Waals surface area contributed by atoms with Crippen LogP contribution < -0.4 is 5.32 Å². The van der Waals surface area contributed by atoms with Gasteiger partial charge in [-0.3, -0.25) is 9.69 Å². The van der Waals surface area contributed by atoms with E-state index in [4.69, 9.17) is 4.52 Å². The van der Waals surface area contributed by atoms with Crippen LogP contribution in [-0.4, -0.2) is 78.1 Å². The van der Waals surface area contributed by atoms with Gasteiger partial charge in [0.2, 0.25) is 5.91 Å². The van der Waals surface area contributed by atoms with Gasteiger partial charge >= 0.3 is 6.03 Å². The van der Waals surface area contributed by atoms with Gasteiger partial charge in [0.05, 0.1) is 12.2 Å². The van der Waals surface area contributed by atoms with Crippen LogP contribution in [0.25, 0.3) is 0 Å². The van der Waals surface area contributed by atoms with E-state index >= 15 is 0 Å². The summed E-state index contributed by atoms with van der Waals surface area (Å²) in [6.07, 6.45) is 0. The first kappa shape index (κ1) is 18.3. The lowest BCUT2D eigenvalue weighted by Gasteiger charge is -2.34. The second-order valence-corrected chi connectivity index (χ2v) is 6.24. The van der Waals surface area contributed by atoms with Gasteiger partial charge in [-0.2, -0.15) is 0 Å². The van der Waals surface area contributed by atoms with Gasteiger partial charge < -0.3 is 19.6 Å². The third kappa shape index (κ3) is 4.70. The number of rotatable bonds is 5. The van der Waals surface area contributed by atoms with E-state index in [9.17, 15) is 9.59 Å². The number of hydrogen-bond donors (Lipinski definition) is 1. The number of aryl methyl sites for hydroxylation is 2. The summed E-state index contributed by atoms with van der Waals surface area (Å²) in [4.78, 5) is 29.2. The standard InChI is InChI=1S/C16H27N5O3/c1-12-15(13(2)24-18-12)11-19(4)16(23)17-5-6-20-7-9-21(10-8-20)14(3)22/h5-11H2,1-4H3,(H,17,23). The molecule has 0 bridgehead atoms. The molecule has 2 heterocycles. The quantitative estimate of drug-likeness (QED) is 0.851.